The molecule has 3 fully saturated rings. The predicted octanol–water partition coefficient (Wildman–Crippen LogP) is 3.95. The molecule has 46 heavy (non-hydrogen) atoms. The topological polar surface area (TPSA) is 101 Å². The second kappa shape index (κ2) is 14.6. The lowest BCUT2D eigenvalue weighted by Crippen LogP contribution is -2.58. The number of aryl methyl sites for hydroxylation is 1. The molecule has 2 aromatic carbocycles. The molecule has 3 saturated heterocycles. The molecule has 0 saturated carbocycles. The van der Waals surface area contributed by atoms with Gasteiger partial charge in [0, 0.05) is 75.0 Å². The van der Waals surface area contributed by atoms with Gasteiger partial charge in [0.15, 0.2) is 0 Å². The first-order valence-electron chi connectivity index (χ1n) is 16.6. The Kier molecular flexibility index (Phi) is 10.3. The number of piperidine rings is 2. The quantitative estimate of drug-likeness (QED) is 0.468. The summed E-state index contributed by atoms with van der Waals surface area (Å²) in [5.74, 6) is -0.0947. The molecule has 2 N–H and O–H groups in total. The Morgan fingerprint density at radius 3 is 2.37 bits per heavy atom. The first-order valence-corrected chi connectivity index (χ1v) is 17.0. The summed E-state index contributed by atoms with van der Waals surface area (Å²) in [5.41, 5.74) is 3.80. The van der Waals surface area contributed by atoms with E-state index in [1.54, 1.807) is 5.06 Å². The summed E-state index contributed by atoms with van der Waals surface area (Å²) in [7, 11) is 2.17. The van der Waals surface area contributed by atoms with Crippen LogP contribution in [-0.2, 0) is 22.6 Å². The van der Waals surface area contributed by atoms with E-state index in [1.807, 2.05) is 59.2 Å². The molecule has 0 radical (unpaired) electrons. The smallest absolute Gasteiger partial charge is 0.351 e. The van der Waals surface area contributed by atoms with Crippen molar-refractivity contribution in [1.29, 1.82) is 0 Å². The number of para-hydroxylation sites is 1. The summed E-state index contributed by atoms with van der Waals surface area (Å²) in [6.45, 7) is 8.67. The number of urea groups is 1. The summed E-state index contributed by atoms with van der Waals surface area (Å²) >= 11 is 6.27. The predicted molar refractivity (Wildman–Crippen MR) is 178 cm³/mol. The van der Waals surface area contributed by atoms with E-state index in [1.165, 1.54) is 0 Å². The average molecular weight is 652 g/mol. The molecule has 4 aliphatic rings. The van der Waals surface area contributed by atoms with Crippen LogP contribution >= 0.6 is 11.6 Å². The zero-order chi connectivity index (χ0) is 32.2. The Labute approximate surface area is 276 Å². The lowest BCUT2D eigenvalue weighted by atomic mass is 10.0. The second-order valence-electron chi connectivity index (χ2n) is 13.1. The minimum absolute atomic E-state index is 0.0481. The van der Waals surface area contributed by atoms with Crippen LogP contribution in [0.5, 0.6) is 0 Å². The molecule has 2 aromatic rings. The van der Waals surface area contributed by atoms with Crippen LogP contribution in [0.2, 0.25) is 5.02 Å². The van der Waals surface area contributed by atoms with Crippen molar-refractivity contribution in [3.8, 4) is 0 Å². The molecule has 0 bridgehead atoms. The van der Waals surface area contributed by atoms with Crippen LogP contribution in [0, 0.1) is 6.92 Å². The monoisotopic (exact) mass is 651 g/mol. The van der Waals surface area contributed by atoms with Gasteiger partial charge in [-0.15, -0.1) is 5.06 Å². The highest BCUT2D eigenvalue weighted by molar-refractivity contribution is 6.31. The van der Waals surface area contributed by atoms with Gasteiger partial charge in [-0.25, -0.2) is 9.59 Å². The van der Waals surface area contributed by atoms with E-state index < -0.39 is 12.1 Å². The standard InChI is InChI=1S/C34H46ClN7O4/c1-24-21-25(7-8-29(24)35)22-31(32(43)40-19-17-39(18-20-40)27-9-13-38(2)14-10-27)37-34(45)46-41-15-11-28(12-16-41)42-23-26-5-3-4-6-30(26)36-33(42)44/h3-8,21,27-28,31H,9-20,22-23H2,1-2H3,(H,36,44)(H,37,45). The Morgan fingerprint density at radius 1 is 0.957 bits per heavy atom. The average Bonchev–Trinajstić information content (AvgIpc) is 3.06. The van der Waals surface area contributed by atoms with E-state index in [9.17, 15) is 14.4 Å². The van der Waals surface area contributed by atoms with Gasteiger partial charge < -0.3 is 30.2 Å². The SMILES string of the molecule is Cc1cc(CC(NC(=O)ON2CCC(N3Cc4ccccc4NC3=O)CC2)C(=O)N2CCN(C3CCN(C)CC3)CC2)ccc1Cl. The normalized spacial score (nSPS) is 21.4. The fourth-order valence-corrected chi connectivity index (χ4v) is 7.32. The Morgan fingerprint density at radius 2 is 1.65 bits per heavy atom. The van der Waals surface area contributed by atoms with E-state index in [-0.39, 0.29) is 18.0 Å². The highest BCUT2D eigenvalue weighted by Gasteiger charge is 2.35. The van der Waals surface area contributed by atoms with Gasteiger partial charge in [-0.3, -0.25) is 9.69 Å². The van der Waals surface area contributed by atoms with Gasteiger partial charge in [0.05, 0.1) is 0 Å². The van der Waals surface area contributed by atoms with Gasteiger partial charge in [0.1, 0.15) is 6.04 Å². The first-order chi connectivity index (χ1) is 22.2. The number of hydrogen-bond donors (Lipinski definition) is 2. The third-order valence-corrected chi connectivity index (χ3v) is 10.4. The number of benzene rings is 2. The Hall–Kier alpha value is -3.38. The van der Waals surface area contributed by atoms with Crippen LogP contribution in [0.3, 0.4) is 0 Å². The maximum Gasteiger partial charge on any atom is 0.426 e. The molecule has 11 nitrogen and oxygen atoms in total. The number of halogens is 1. The Balaban J connectivity index is 1.04. The summed E-state index contributed by atoms with van der Waals surface area (Å²) in [6.07, 6.45) is 3.37. The van der Waals surface area contributed by atoms with E-state index in [2.05, 4.69) is 27.5 Å². The number of hydroxylamine groups is 2. The molecular formula is C34H46ClN7O4. The van der Waals surface area contributed by atoms with Crippen molar-refractivity contribution in [2.75, 3.05) is 64.7 Å². The molecule has 248 valence electrons. The van der Waals surface area contributed by atoms with Crippen molar-refractivity contribution >= 4 is 35.3 Å². The van der Waals surface area contributed by atoms with Crippen LogP contribution in [0.1, 0.15) is 42.4 Å². The van der Waals surface area contributed by atoms with E-state index >= 15 is 0 Å². The summed E-state index contributed by atoms with van der Waals surface area (Å²) in [5, 5.41) is 8.18. The lowest BCUT2D eigenvalue weighted by molar-refractivity contribution is -0.138. The van der Waals surface area contributed by atoms with E-state index in [0.717, 1.165) is 61.4 Å². The summed E-state index contributed by atoms with van der Waals surface area (Å²) in [6, 6.07) is 13.3. The molecule has 1 unspecified atom stereocenters. The molecule has 4 heterocycles. The third kappa shape index (κ3) is 7.76. The number of nitrogens with one attached hydrogen (secondary N) is 2. The minimum Gasteiger partial charge on any atom is -0.351 e. The zero-order valence-electron chi connectivity index (χ0n) is 26.9. The van der Waals surface area contributed by atoms with Crippen molar-refractivity contribution in [3.05, 3.63) is 64.2 Å². The summed E-state index contributed by atoms with van der Waals surface area (Å²) in [4.78, 5) is 54.3. The van der Waals surface area contributed by atoms with Crippen LogP contribution in [0.25, 0.3) is 0 Å². The fourth-order valence-electron chi connectivity index (χ4n) is 7.21. The van der Waals surface area contributed by atoms with Crippen LogP contribution in [0.4, 0.5) is 15.3 Å². The van der Waals surface area contributed by atoms with Crippen molar-refractivity contribution < 1.29 is 19.2 Å². The maximum atomic E-state index is 13.9. The molecule has 0 aromatic heterocycles. The third-order valence-electron chi connectivity index (χ3n) is 10.0. The van der Waals surface area contributed by atoms with Gasteiger partial charge in [0.25, 0.3) is 0 Å². The molecular weight excluding hydrogens is 606 g/mol. The molecule has 4 aliphatic heterocycles. The van der Waals surface area contributed by atoms with Gasteiger partial charge in [-0.05, 0) is 81.6 Å². The molecule has 0 spiro atoms. The minimum atomic E-state index is -0.766. The van der Waals surface area contributed by atoms with Gasteiger partial charge in [0.2, 0.25) is 5.91 Å². The molecule has 6 rings (SSSR count). The number of amides is 4. The number of fused-ring (bicyclic) bond motifs is 1. The highest BCUT2D eigenvalue weighted by atomic mass is 35.5. The Bertz CT molecular complexity index is 1400. The summed E-state index contributed by atoms with van der Waals surface area (Å²) < 4.78 is 0. The lowest BCUT2D eigenvalue weighted by Gasteiger charge is -2.42. The number of piperazine rings is 1. The highest BCUT2D eigenvalue weighted by Crippen LogP contribution is 2.28. The fraction of sp³-hybridized carbons (Fsp3) is 0.559. The number of carbonyl (C=O) groups excluding carboxylic acids is 3. The molecule has 0 aliphatic carbocycles. The second-order valence-corrected chi connectivity index (χ2v) is 13.5. The van der Waals surface area contributed by atoms with Gasteiger partial charge in [-0.2, -0.15) is 0 Å². The van der Waals surface area contributed by atoms with Crippen LogP contribution in [0.15, 0.2) is 42.5 Å². The zero-order valence-corrected chi connectivity index (χ0v) is 27.7. The van der Waals surface area contributed by atoms with Crippen LogP contribution in [-0.4, -0.2) is 120 Å². The van der Waals surface area contributed by atoms with Gasteiger partial charge >= 0.3 is 12.1 Å². The number of carbonyl (C=O) groups is 3. The number of likely N-dealkylation sites (tertiary alicyclic amines) is 1. The van der Waals surface area contributed by atoms with Crippen molar-refractivity contribution in [2.45, 2.75) is 63.7 Å². The van der Waals surface area contributed by atoms with Crippen molar-refractivity contribution in [2.24, 2.45) is 0 Å². The van der Waals surface area contributed by atoms with E-state index in [0.29, 0.717) is 63.1 Å². The van der Waals surface area contributed by atoms with Crippen molar-refractivity contribution in [3.63, 3.8) is 0 Å². The van der Waals surface area contributed by atoms with Crippen LogP contribution < -0.4 is 10.6 Å². The molecule has 1 atom stereocenters. The molecule has 4 amide bonds. The van der Waals surface area contributed by atoms with E-state index in [4.69, 9.17) is 16.4 Å². The number of anilines is 1. The number of hydrogen-bond acceptors (Lipinski definition) is 7. The largest absolute Gasteiger partial charge is 0.426 e. The molecule has 12 heteroatoms. The maximum absolute atomic E-state index is 13.9. The van der Waals surface area contributed by atoms with Crippen molar-refractivity contribution in [1.82, 2.24) is 30.0 Å². The first kappa shape index (κ1) is 32.6. The number of nitrogens with zero attached hydrogens (tertiary/aromatic N) is 5. The van der Waals surface area contributed by atoms with Gasteiger partial charge in [-0.1, -0.05) is 41.9 Å². The number of rotatable bonds is 7.